The molecule has 0 aliphatic carbocycles. The molecule has 5 nitrogen and oxygen atoms in total. The zero-order valence-corrected chi connectivity index (χ0v) is 14.2. The van der Waals surface area contributed by atoms with Crippen LogP contribution in [-0.2, 0) is 4.79 Å². The van der Waals surface area contributed by atoms with Crippen LogP contribution in [0, 0.1) is 5.92 Å². The van der Waals surface area contributed by atoms with Crippen LogP contribution in [0.1, 0.15) is 32.4 Å². The lowest BCUT2D eigenvalue weighted by molar-refractivity contribution is -0.274. The third-order valence-electron chi connectivity index (χ3n) is 3.68. The average molecular weight is 355 g/mol. The highest BCUT2D eigenvalue weighted by Crippen LogP contribution is 2.28. The number of halogens is 3. The van der Waals surface area contributed by atoms with Crippen molar-refractivity contribution in [3.05, 3.63) is 42.1 Å². The number of hydrogen-bond acceptors (Lipinski definition) is 4. The van der Waals surface area contributed by atoms with Crippen molar-refractivity contribution >= 4 is 11.9 Å². The van der Waals surface area contributed by atoms with Gasteiger partial charge in [0.2, 0.25) is 11.9 Å². The van der Waals surface area contributed by atoms with Crippen LogP contribution in [0.15, 0.2) is 41.5 Å². The number of amides is 1. The monoisotopic (exact) mass is 355 g/mol. The van der Waals surface area contributed by atoms with Gasteiger partial charge in [-0.3, -0.25) is 10.1 Å². The number of benzene rings is 1. The number of nitrogens with one attached hydrogen (secondary N) is 1. The zero-order valence-electron chi connectivity index (χ0n) is 14.2. The molecular weight excluding hydrogens is 335 g/mol. The molecule has 1 aliphatic rings. The summed E-state index contributed by atoms with van der Waals surface area (Å²) >= 11 is 0. The van der Waals surface area contributed by atoms with E-state index in [1.54, 1.807) is 37.1 Å². The zero-order chi connectivity index (χ0) is 18.6. The molecule has 136 valence electrons. The van der Waals surface area contributed by atoms with E-state index in [9.17, 15) is 18.0 Å². The van der Waals surface area contributed by atoms with Crippen molar-refractivity contribution in [3.8, 4) is 5.75 Å². The first kappa shape index (κ1) is 18.8. The maximum atomic E-state index is 12.4. The summed E-state index contributed by atoms with van der Waals surface area (Å²) < 4.78 is 41.2. The first-order valence-electron chi connectivity index (χ1n) is 7.83. The van der Waals surface area contributed by atoms with Crippen LogP contribution in [0.5, 0.6) is 5.75 Å². The highest BCUT2D eigenvalue weighted by Gasteiger charge is 2.31. The molecule has 0 spiro atoms. The van der Waals surface area contributed by atoms with E-state index in [0.29, 0.717) is 18.1 Å². The minimum Gasteiger partial charge on any atom is -0.406 e. The van der Waals surface area contributed by atoms with Gasteiger partial charge in [-0.05, 0) is 30.7 Å². The molecule has 1 aromatic carbocycles. The number of guanidine groups is 1. The van der Waals surface area contributed by atoms with E-state index in [2.05, 4.69) is 15.0 Å². The molecule has 1 amide bonds. The largest absolute Gasteiger partial charge is 0.573 e. The lowest BCUT2D eigenvalue weighted by Crippen LogP contribution is -2.47. The van der Waals surface area contributed by atoms with Gasteiger partial charge in [0.1, 0.15) is 5.75 Å². The molecule has 0 radical (unpaired) electrons. The number of carbonyl (C=O) groups excluding carboxylic acids is 1. The fourth-order valence-electron chi connectivity index (χ4n) is 2.30. The van der Waals surface area contributed by atoms with Gasteiger partial charge < -0.3 is 9.64 Å². The van der Waals surface area contributed by atoms with Crippen LogP contribution in [0.2, 0.25) is 0 Å². The van der Waals surface area contributed by atoms with Gasteiger partial charge in [-0.1, -0.05) is 26.0 Å². The lowest BCUT2D eigenvalue weighted by Gasteiger charge is -2.33. The molecule has 1 unspecified atom stereocenters. The van der Waals surface area contributed by atoms with Gasteiger partial charge in [0.05, 0.1) is 6.04 Å². The van der Waals surface area contributed by atoms with Crippen molar-refractivity contribution in [1.29, 1.82) is 0 Å². The van der Waals surface area contributed by atoms with Gasteiger partial charge >= 0.3 is 6.36 Å². The quantitative estimate of drug-likeness (QED) is 0.898. The Hall–Kier alpha value is -2.51. The summed E-state index contributed by atoms with van der Waals surface area (Å²) in [5, 5.41) is 2.75. The Labute approximate surface area is 144 Å². The lowest BCUT2D eigenvalue weighted by atomic mass is 10.1. The fraction of sp³-hybridized carbons (Fsp3) is 0.412. The normalized spacial score (nSPS) is 15.8. The standard InChI is InChI=1S/C17H20F3N3O2/c1-11(2)15(24)22-16-21-8-5-9-23(16)12(3)13-6-4-7-14(10-13)25-17(18,19)20/h4-8,10-12H,9H2,1-3H3,(H,21,22,24). The van der Waals surface area contributed by atoms with Gasteiger partial charge in [-0.15, -0.1) is 13.2 Å². The third-order valence-corrected chi connectivity index (χ3v) is 3.68. The highest BCUT2D eigenvalue weighted by atomic mass is 19.4. The summed E-state index contributed by atoms with van der Waals surface area (Å²) in [6, 6.07) is 5.46. The Morgan fingerprint density at radius 2 is 2.04 bits per heavy atom. The van der Waals surface area contributed by atoms with Crippen LogP contribution in [0.3, 0.4) is 0 Å². The smallest absolute Gasteiger partial charge is 0.406 e. The van der Waals surface area contributed by atoms with E-state index in [4.69, 9.17) is 0 Å². The fourth-order valence-corrected chi connectivity index (χ4v) is 2.30. The number of aliphatic imine (C=N–C) groups is 1. The van der Waals surface area contributed by atoms with E-state index >= 15 is 0 Å². The average Bonchev–Trinajstić information content (AvgIpc) is 2.53. The summed E-state index contributed by atoms with van der Waals surface area (Å²) in [5.74, 6) is -0.306. The molecule has 0 saturated heterocycles. The maximum Gasteiger partial charge on any atom is 0.573 e. The number of carbonyl (C=O) groups is 1. The Kier molecular flexibility index (Phi) is 5.71. The predicted molar refractivity (Wildman–Crippen MR) is 87.8 cm³/mol. The van der Waals surface area contributed by atoms with E-state index in [0.717, 1.165) is 0 Å². The Morgan fingerprint density at radius 3 is 2.68 bits per heavy atom. The van der Waals surface area contributed by atoms with E-state index in [1.807, 2.05) is 6.92 Å². The number of nitrogens with zero attached hydrogens (tertiary/aromatic N) is 2. The molecule has 2 rings (SSSR count). The second-order valence-corrected chi connectivity index (χ2v) is 5.93. The Morgan fingerprint density at radius 1 is 1.32 bits per heavy atom. The van der Waals surface area contributed by atoms with Gasteiger partial charge in [-0.2, -0.15) is 0 Å². The van der Waals surface area contributed by atoms with Crippen molar-refractivity contribution in [3.63, 3.8) is 0 Å². The number of hydrogen-bond donors (Lipinski definition) is 1. The molecule has 8 heteroatoms. The third kappa shape index (κ3) is 5.23. The predicted octanol–water partition coefficient (Wildman–Crippen LogP) is 3.60. The number of rotatable bonds is 4. The topological polar surface area (TPSA) is 53.9 Å². The van der Waals surface area contributed by atoms with Crippen LogP contribution >= 0.6 is 0 Å². The van der Waals surface area contributed by atoms with Gasteiger partial charge in [0, 0.05) is 18.7 Å². The van der Waals surface area contributed by atoms with Crippen LogP contribution in [-0.4, -0.2) is 29.7 Å². The second kappa shape index (κ2) is 7.58. The number of alkyl halides is 3. The Balaban J connectivity index is 2.19. The molecule has 1 heterocycles. The molecule has 0 bridgehead atoms. The van der Waals surface area contributed by atoms with E-state index < -0.39 is 6.36 Å². The molecule has 1 aliphatic heterocycles. The van der Waals surface area contributed by atoms with Crippen molar-refractivity contribution < 1.29 is 22.7 Å². The molecule has 0 fully saturated rings. The molecule has 0 saturated carbocycles. The first-order chi connectivity index (χ1) is 11.7. The minimum atomic E-state index is -4.74. The molecule has 0 aromatic heterocycles. The van der Waals surface area contributed by atoms with Crippen molar-refractivity contribution in [1.82, 2.24) is 10.2 Å². The summed E-state index contributed by atoms with van der Waals surface area (Å²) in [5.41, 5.74) is 0.614. The minimum absolute atomic E-state index is 0.180. The van der Waals surface area contributed by atoms with Crippen molar-refractivity contribution in [2.45, 2.75) is 33.2 Å². The molecule has 1 aromatic rings. The highest BCUT2D eigenvalue weighted by molar-refractivity contribution is 5.98. The van der Waals surface area contributed by atoms with Crippen LogP contribution in [0.4, 0.5) is 13.2 Å². The summed E-state index contributed by atoms with van der Waals surface area (Å²) in [7, 11) is 0. The summed E-state index contributed by atoms with van der Waals surface area (Å²) in [4.78, 5) is 17.9. The molecule has 1 atom stereocenters. The van der Waals surface area contributed by atoms with E-state index in [1.165, 1.54) is 18.2 Å². The maximum absolute atomic E-state index is 12.4. The van der Waals surface area contributed by atoms with Crippen molar-refractivity contribution in [2.24, 2.45) is 10.9 Å². The first-order valence-corrected chi connectivity index (χ1v) is 7.83. The Bertz CT molecular complexity index is 684. The van der Waals surface area contributed by atoms with Gasteiger partial charge in [0.25, 0.3) is 0 Å². The van der Waals surface area contributed by atoms with Crippen LogP contribution in [0.25, 0.3) is 0 Å². The number of ether oxygens (including phenoxy) is 1. The summed E-state index contributed by atoms with van der Waals surface area (Å²) in [6.07, 6.45) is -1.35. The molecule has 1 N–H and O–H groups in total. The van der Waals surface area contributed by atoms with Crippen molar-refractivity contribution in [2.75, 3.05) is 6.54 Å². The van der Waals surface area contributed by atoms with Gasteiger partial charge in [0.15, 0.2) is 0 Å². The molecule has 25 heavy (non-hydrogen) atoms. The van der Waals surface area contributed by atoms with Gasteiger partial charge in [-0.25, -0.2) is 4.99 Å². The SMILES string of the molecule is CC(C)C(=O)NC1=NC=CCN1C(C)c1cccc(OC(F)(F)F)c1. The second-order valence-electron chi connectivity index (χ2n) is 5.93. The molecular formula is C17H20F3N3O2. The van der Waals surface area contributed by atoms with Crippen LogP contribution < -0.4 is 10.1 Å². The van der Waals surface area contributed by atoms with E-state index in [-0.39, 0.29) is 23.6 Å². The summed E-state index contributed by atoms with van der Waals surface area (Å²) in [6.45, 7) is 5.83.